The van der Waals surface area contributed by atoms with E-state index >= 15 is 0 Å². The van der Waals surface area contributed by atoms with E-state index in [2.05, 4.69) is 10.5 Å². The molecule has 9 heteroatoms. The Labute approximate surface area is 184 Å². The average molecular weight is 434 g/mol. The van der Waals surface area contributed by atoms with Gasteiger partial charge in [-0.25, -0.2) is 5.43 Å². The van der Waals surface area contributed by atoms with E-state index in [1.807, 2.05) is 31.2 Å². The Morgan fingerprint density at radius 1 is 1.22 bits per heavy atom. The smallest absolute Gasteiger partial charge is 0.311 e. The maximum Gasteiger partial charge on any atom is 0.311 e. The van der Waals surface area contributed by atoms with Gasteiger partial charge in [0.2, 0.25) is 0 Å². The van der Waals surface area contributed by atoms with Crippen molar-refractivity contribution in [3.63, 3.8) is 0 Å². The summed E-state index contributed by atoms with van der Waals surface area (Å²) in [6, 6.07) is 15.1. The molecule has 0 unspecified atom stereocenters. The molecule has 0 aliphatic heterocycles. The largest absolute Gasteiger partial charge is 0.487 e. The van der Waals surface area contributed by atoms with Crippen LogP contribution in [0.2, 0.25) is 0 Å². The molecule has 0 radical (unpaired) electrons. The first-order valence-corrected chi connectivity index (χ1v) is 9.88. The van der Waals surface area contributed by atoms with Crippen LogP contribution < -0.4 is 15.7 Å². The third-order valence-corrected chi connectivity index (χ3v) is 4.60. The number of amides is 1. The van der Waals surface area contributed by atoms with E-state index in [1.54, 1.807) is 25.3 Å². The zero-order chi connectivity index (χ0) is 23.1. The van der Waals surface area contributed by atoms with Gasteiger partial charge in [-0.15, -0.1) is 0 Å². The number of carbonyl (C=O) groups is 1. The zero-order valence-corrected chi connectivity index (χ0v) is 17.6. The summed E-state index contributed by atoms with van der Waals surface area (Å²) in [7, 11) is 0. The lowest BCUT2D eigenvalue weighted by Gasteiger charge is -2.08. The molecule has 0 saturated heterocycles. The molecule has 9 nitrogen and oxygen atoms in total. The van der Waals surface area contributed by atoms with Crippen LogP contribution in [0.15, 0.2) is 70.7 Å². The van der Waals surface area contributed by atoms with Gasteiger partial charge in [-0.1, -0.05) is 29.8 Å². The van der Waals surface area contributed by atoms with Gasteiger partial charge in [0, 0.05) is 17.8 Å². The molecule has 1 aromatic heterocycles. The molecule has 0 spiro atoms. The van der Waals surface area contributed by atoms with E-state index in [-0.39, 0.29) is 17.0 Å². The summed E-state index contributed by atoms with van der Waals surface area (Å²) in [5.74, 6) is -0.526. The molecule has 0 aliphatic rings. The van der Waals surface area contributed by atoms with Crippen LogP contribution in [0.1, 0.15) is 34.0 Å². The van der Waals surface area contributed by atoms with Gasteiger partial charge >= 0.3 is 5.69 Å². The van der Waals surface area contributed by atoms with Gasteiger partial charge in [0.05, 0.1) is 24.3 Å². The molecule has 3 aromatic rings. The second-order valence-electron chi connectivity index (χ2n) is 6.96. The van der Waals surface area contributed by atoms with Crippen LogP contribution in [0.3, 0.4) is 0 Å². The number of nitro benzene ring substituents is 1. The van der Waals surface area contributed by atoms with Crippen LogP contribution in [0, 0.1) is 17.0 Å². The molecule has 0 saturated carbocycles. The summed E-state index contributed by atoms with van der Waals surface area (Å²) >= 11 is 0. The van der Waals surface area contributed by atoms with Crippen molar-refractivity contribution in [3.05, 3.63) is 104 Å². The Morgan fingerprint density at radius 3 is 2.66 bits per heavy atom. The van der Waals surface area contributed by atoms with Crippen LogP contribution in [-0.4, -0.2) is 28.2 Å². The summed E-state index contributed by atoms with van der Waals surface area (Å²) in [4.78, 5) is 35.8. The monoisotopic (exact) mass is 434 g/mol. The summed E-state index contributed by atoms with van der Waals surface area (Å²) in [5, 5.41) is 15.0. The summed E-state index contributed by atoms with van der Waals surface area (Å²) in [6.45, 7) is 4.34. The van der Waals surface area contributed by atoms with Crippen molar-refractivity contribution in [2.45, 2.75) is 20.4 Å². The van der Waals surface area contributed by atoms with E-state index in [4.69, 9.17) is 4.74 Å². The summed E-state index contributed by atoms with van der Waals surface area (Å²) in [5.41, 5.74) is 4.02. The third kappa shape index (κ3) is 5.45. The van der Waals surface area contributed by atoms with Gasteiger partial charge in [0.15, 0.2) is 5.75 Å². The van der Waals surface area contributed by atoms with Crippen molar-refractivity contribution < 1.29 is 14.5 Å². The maximum atomic E-state index is 12.7. The third-order valence-electron chi connectivity index (χ3n) is 4.60. The average Bonchev–Trinajstić information content (AvgIpc) is 2.77. The van der Waals surface area contributed by atoms with Gasteiger partial charge in [0.25, 0.3) is 11.5 Å². The maximum absolute atomic E-state index is 12.7. The summed E-state index contributed by atoms with van der Waals surface area (Å²) < 4.78 is 6.68. The number of ether oxygens (including phenoxy) is 1. The fourth-order valence-electron chi connectivity index (χ4n) is 2.98. The van der Waals surface area contributed by atoms with Gasteiger partial charge < -0.3 is 9.30 Å². The highest BCUT2D eigenvalue weighted by Crippen LogP contribution is 2.27. The molecule has 3 rings (SSSR count). The molecule has 1 amide bonds. The van der Waals surface area contributed by atoms with Gasteiger partial charge in [0.1, 0.15) is 5.56 Å². The molecule has 0 bridgehead atoms. The Kier molecular flexibility index (Phi) is 7.12. The number of carbonyl (C=O) groups excluding carboxylic acids is 1. The molecule has 0 atom stereocenters. The van der Waals surface area contributed by atoms with E-state index in [0.717, 1.165) is 11.1 Å². The number of nitrogens with zero attached hydrogens (tertiary/aromatic N) is 3. The fourth-order valence-corrected chi connectivity index (χ4v) is 2.98. The fraction of sp³-hybridized carbons (Fsp3) is 0.174. The van der Waals surface area contributed by atoms with Gasteiger partial charge in [-0.2, -0.15) is 5.10 Å². The molecular formula is C23H22N4O5. The quantitative estimate of drug-likeness (QED) is 0.332. The van der Waals surface area contributed by atoms with E-state index in [0.29, 0.717) is 18.7 Å². The van der Waals surface area contributed by atoms with Crippen molar-refractivity contribution in [3.8, 4) is 5.75 Å². The van der Waals surface area contributed by atoms with E-state index in [1.165, 1.54) is 29.0 Å². The number of hydrazone groups is 1. The molecule has 2 aromatic carbocycles. The summed E-state index contributed by atoms with van der Waals surface area (Å²) in [6.07, 6.45) is 2.87. The molecule has 164 valence electrons. The van der Waals surface area contributed by atoms with Crippen molar-refractivity contribution in [2.75, 3.05) is 6.61 Å². The van der Waals surface area contributed by atoms with Crippen LogP contribution in [0.25, 0.3) is 0 Å². The Hall–Kier alpha value is -4.27. The topological polar surface area (TPSA) is 116 Å². The molecule has 1 heterocycles. The minimum Gasteiger partial charge on any atom is -0.487 e. The Morgan fingerprint density at radius 2 is 1.97 bits per heavy atom. The number of hydrogen-bond acceptors (Lipinski definition) is 6. The standard InChI is InChI=1S/C23H22N4O5/c1-3-32-21-11-10-18(13-20(21)27(30)31)14-24-25-22(28)19-5-4-12-26(23(19)29)15-17-8-6-16(2)7-9-17/h4-14H,3,15H2,1-2H3,(H,25,28)/b24-14-. The molecule has 0 aliphatic carbocycles. The van der Waals surface area contributed by atoms with Crippen molar-refractivity contribution in [2.24, 2.45) is 5.10 Å². The van der Waals surface area contributed by atoms with Gasteiger partial charge in [-0.3, -0.25) is 19.7 Å². The molecule has 1 N–H and O–H groups in total. The second kappa shape index (κ2) is 10.2. The minimum absolute atomic E-state index is 0.0607. The number of nitro groups is 1. The second-order valence-corrected chi connectivity index (χ2v) is 6.96. The van der Waals surface area contributed by atoms with Crippen molar-refractivity contribution in [1.82, 2.24) is 9.99 Å². The Bertz CT molecular complexity index is 1220. The number of rotatable bonds is 8. The first-order chi connectivity index (χ1) is 15.4. The van der Waals surface area contributed by atoms with Crippen LogP contribution >= 0.6 is 0 Å². The number of benzene rings is 2. The van der Waals surface area contributed by atoms with E-state index in [9.17, 15) is 19.7 Å². The van der Waals surface area contributed by atoms with Crippen LogP contribution in [-0.2, 0) is 6.54 Å². The number of aromatic nitrogens is 1. The molecular weight excluding hydrogens is 412 g/mol. The molecule has 32 heavy (non-hydrogen) atoms. The first-order valence-electron chi connectivity index (χ1n) is 9.88. The lowest BCUT2D eigenvalue weighted by Crippen LogP contribution is -2.30. The van der Waals surface area contributed by atoms with Crippen molar-refractivity contribution in [1.29, 1.82) is 0 Å². The lowest BCUT2D eigenvalue weighted by atomic mass is 10.1. The number of nitrogens with one attached hydrogen (secondary N) is 1. The zero-order valence-electron chi connectivity index (χ0n) is 17.6. The SMILES string of the molecule is CCOc1ccc(/C=N\NC(=O)c2cccn(Cc3ccc(C)cc3)c2=O)cc1[N+](=O)[O-]. The number of pyridine rings is 1. The van der Waals surface area contributed by atoms with Crippen LogP contribution in [0.4, 0.5) is 5.69 Å². The predicted molar refractivity (Wildman–Crippen MR) is 120 cm³/mol. The van der Waals surface area contributed by atoms with E-state index < -0.39 is 16.4 Å². The highest BCUT2D eigenvalue weighted by molar-refractivity contribution is 5.94. The number of hydrogen-bond donors (Lipinski definition) is 1. The number of aryl methyl sites for hydroxylation is 1. The highest BCUT2D eigenvalue weighted by Gasteiger charge is 2.15. The first kappa shape index (κ1) is 22.4. The normalized spacial score (nSPS) is 10.8. The van der Waals surface area contributed by atoms with Crippen molar-refractivity contribution >= 4 is 17.8 Å². The highest BCUT2D eigenvalue weighted by atomic mass is 16.6. The lowest BCUT2D eigenvalue weighted by molar-refractivity contribution is -0.385. The predicted octanol–water partition coefficient (Wildman–Crippen LogP) is 3.28. The Balaban J connectivity index is 1.73. The molecule has 0 fully saturated rings. The minimum atomic E-state index is -0.676. The van der Waals surface area contributed by atoms with Gasteiger partial charge in [-0.05, 0) is 43.7 Å². The van der Waals surface area contributed by atoms with Crippen LogP contribution in [0.5, 0.6) is 5.75 Å².